The van der Waals surface area contributed by atoms with E-state index in [1.165, 1.54) is 32.1 Å². The Balaban J connectivity index is 4.31. The molecule has 1 atom stereocenters. The molecule has 0 bridgehead atoms. The lowest BCUT2D eigenvalue weighted by Crippen LogP contribution is -2.30. The zero-order valence-corrected chi connectivity index (χ0v) is 31.9. The molecule has 0 radical (unpaired) electrons. The topological polar surface area (TPSA) is 78.9 Å². The van der Waals surface area contributed by atoms with Crippen LogP contribution in [0.4, 0.5) is 0 Å². The van der Waals surface area contributed by atoms with E-state index < -0.39 is 6.10 Å². The molecule has 0 saturated heterocycles. The maximum absolute atomic E-state index is 12.6. The Bertz CT molecular complexity index is 887. The van der Waals surface area contributed by atoms with Gasteiger partial charge in [-0.2, -0.15) is 0 Å². The predicted molar refractivity (Wildman–Crippen MR) is 205 cm³/mol. The molecule has 0 fully saturated rings. The maximum atomic E-state index is 12.6. The van der Waals surface area contributed by atoms with Crippen LogP contribution in [0.25, 0.3) is 0 Å². The van der Waals surface area contributed by atoms with Crippen LogP contribution in [0.2, 0.25) is 0 Å². The van der Waals surface area contributed by atoms with Crippen molar-refractivity contribution in [2.24, 2.45) is 0 Å². The highest BCUT2D eigenvalue weighted by Gasteiger charge is 2.19. The Kier molecular flexibility index (Phi) is 36.1. The van der Waals surface area contributed by atoms with Gasteiger partial charge in [0.2, 0.25) is 0 Å². The van der Waals surface area contributed by atoms with Crippen LogP contribution < -0.4 is 0 Å². The molecule has 0 aliphatic rings. The van der Waals surface area contributed by atoms with Crippen molar-refractivity contribution in [2.75, 3.05) is 13.2 Å². The maximum Gasteiger partial charge on any atom is 0.306 e. The van der Waals surface area contributed by atoms with E-state index in [0.29, 0.717) is 19.3 Å². The molecule has 0 heterocycles. The summed E-state index contributed by atoms with van der Waals surface area (Å²) in [6, 6.07) is 0. The van der Waals surface area contributed by atoms with E-state index in [4.69, 9.17) is 14.2 Å². The predicted octanol–water partition coefficient (Wildman–Crippen LogP) is 12.4. The SMILES string of the molecule is CC/C=C\C/C=C\C/C=C\CCCCCCCC(=O)OCC(COC(=O)CCCCCCC)OC(=O)CCCCCCC/C=C\CCCC. The van der Waals surface area contributed by atoms with E-state index in [9.17, 15) is 14.4 Å². The van der Waals surface area contributed by atoms with Gasteiger partial charge >= 0.3 is 17.9 Å². The van der Waals surface area contributed by atoms with E-state index in [-0.39, 0.29) is 31.1 Å². The molecule has 0 aliphatic carbocycles. The van der Waals surface area contributed by atoms with Gasteiger partial charge in [-0.25, -0.2) is 0 Å². The third-order valence-electron chi connectivity index (χ3n) is 8.32. The van der Waals surface area contributed by atoms with Crippen molar-refractivity contribution in [2.45, 2.75) is 194 Å². The molecule has 0 aromatic carbocycles. The summed E-state index contributed by atoms with van der Waals surface area (Å²) in [4.78, 5) is 37.3. The van der Waals surface area contributed by atoms with Crippen molar-refractivity contribution < 1.29 is 28.6 Å². The Morgan fingerprint density at radius 3 is 1.33 bits per heavy atom. The van der Waals surface area contributed by atoms with Crippen molar-refractivity contribution in [1.82, 2.24) is 0 Å². The number of carbonyl (C=O) groups is 3. The summed E-state index contributed by atoms with van der Waals surface area (Å²) in [7, 11) is 0. The summed E-state index contributed by atoms with van der Waals surface area (Å²) in [5.41, 5.74) is 0. The van der Waals surface area contributed by atoms with Crippen LogP contribution in [0, 0.1) is 0 Å². The fourth-order valence-electron chi connectivity index (χ4n) is 5.26. The fourth-order valence-corrected chi connectivity index (χ4v) is 5.26. The summed E-state index contributed by atoms with van der Waals surface area (Å²) in [5, 5.41) is 0. The smallest absolute Gasteiger partial charge is 0.306 e. The minimum atomic E-state index is -0.776. The lowest BCUT2D eigenvalue weighted by Gasteiger charge is -2.18. The Labute approximate surface area is 301 Å². The van der Waals surface area contributed by atoms with Crippen molar-refractivity contribution in [3.8, 4) is 0 Å². The number of hydrogen-bond donors (Lipinski definition) is 0. The Morgan fingerprint density at radius 2 is 0.816 bits per heavy atom. The van der Waals surface area contributed by atoms with Crippen LogP contribution in [-0.4, -0.2) is 37.2 Å². The van der Waals surface area contributed by atoms with Gasteiger partial charge in [-0.3, -0.25) is 14.4 Å². The number of carbonyl (C=O) groups excluding carboxylic acids is 3. The third kappa shape index (κ3) is 36.5. The van der Waals surface area contributed by atoms with Gasteiger partial charge in [0.1, 0.15) is 13.2 Å². The number of esters is 3. The van der Waals surface area contributed by atoms with Gasteiger partial charge in [0, 0.05) is 19.3 Å². The molecule has 6 nitrogen and oxygen atoms in total. The second kappa shape index (κ2) is 38.2. The van der Waals surface area contributed by atoms with Gasteiger partial charge in [0.05, 0.1) is 0 Å². The number of unbranched alkanes of at least 4 members (excludes halogenated alkanes) is 16. The van der Waals surface area contributed by atoms with Gasteiger partial charge in [-0.1, -0.05) is 146 Å². The summed E-state index contributed by atoms with van der Waals surface area (Å²) >= 11 is 0. The number of ether oxygens (including phenoxy) is 3. The quantitative estimate of drug-likeness (QED) is 0.0286. The first-order valence-corrected chi connectivity index (χ1v) is 20.1. The molecular formula is C43H74O6. The Hall–Kier alpha value is -2.63. The Morgan fingerprint density at radius 1 is 0.429 bits per heavy atom. The first-order chi connectivity index (χ1) is 24.0. The first kappa shape index (κ1) is 46.4. The zero-order chi connectivity index (χ0) is 35.9. The molecule has 0 saturated carbocycles. The minimum absolute atomic E-state index is 0.0837. The molecule has 49 heavy (non-hydrogen) atoms. The largest absolute Gasteiger partial charge is 0.462 e. The molecule has 0 aliphatic heterocycles. The summed E-state index contributed by atoms with van der Waals surface area (Å²) < 4.78 is 16.5. The average Bonchev–Trinajstić information content (AvgIpc) is 3.09. The number of hydrogen-bond acceptors (Lipinski definition) is 6. The van der Waals surface area contributed by atoms with E-state index >= 15 is 0 Å². The molecular weight excluding hydrogens is 612 g/mol. The van der Waals surface area contributed by atoms with E-state index in [1.54, 1.807) is 0 Å². The summed E-state index contributed by atoms with van der Waals surface area (Å²) in [6.07, 6.45) is 42.6. The van der Waals surface area contributed by atoms with Crippen LogP contribution in [-0.2, 0) is 28.6 Å². The van der Waals surface area contributed by atoms with Crippen LogP contribution in [0.5, 0.6) is 0 Å². The highest BCUT2D eigenvalue weighted by molar-refractivity contribution is 5.71. The third-order valence-corrected chi connectivity index (χ3v) is 8.32. The van der Waals surface area contributed by atoms with Crippen LogP contribution in [0.3, 0.4) is 0 Å². The van der Waals surface area contributed by atoms with Gasteiger partial charge in [-0.05, 0) is 70.6 Å². The molecule has 282 valence electrons. The van der Waals surface area contributed by atoms with E-state index in [1.807, 2.05) is 0 Å². The van der Waals surface area contributed by atoms with Crippen LogP contribution in [0.15, 0.2) is 48.6 Å². The van der Waals surface area contributed by atoms with Crippen molar-refractivity contribution >= 4 is 17.9 Å². The fraction of sp³-hybridized carbons (Fsp3) is 0.744. The van der Waals surface area contributed by atoms with Crippen molar-refractivity contribution in [1.29, 1.82) is 0 Å². The highest BCUT2D eigenvalue weighted by Crippen LogP contribution is 2.12. The number of allylic oxidation sites excluding steroid dienone is 8. The van der Waals surface area contributed by atoms with Gasteiger partial charge in [-0.15, -0.1) is 0 Å². The zero-order valence-electron chi connectivity index (χ0n) is 31.9. The van der Waals surface area contributed by atoms with E-state index in [2.05, 4.69) is 69.4 Å². The first-order valence-electron chi connectivity index (χ1n) is 20.1. The van der Waals surface area contributed by atoms with Crippen LogP contribution >= 0.6 is 0 Å². The molecule has 0 rings (SSSR count). The molecule has 0 aromatic heterocycles. The molecule has 0 N–H and O–H groups in total. The second-order valence-corrected chi connectivity index (χ2v) is 13.2. The second-order valence-electron chi connectivity index (χ2n) is 13.2. The molecule has 6 heteroatoms. The minimum Gasteiger partial charge on any atom is -0.462 e. The lowest BCUT2D eigenvalue weighted by molar-refractivity contribution is -0.167. The normalized spacial score (nSPS) is 12.5. The molecule has 1 unspecified atom stereocenters. The summed E-state index contributed by atoms with van der Waals surface area (Å²) in [6.45, 7) is 6.35. The van der Waals surface area contributed by atoms with Gasteiger partial charge < -0.3 is 14.2 Å². The average molecular weight is 687 g/mol. The lowest BCUT2D eigenvalue weighted by atomic mass is 10.1. The van der Waals surface area contributed by atoms with Crippen molar-refractivity contribution in [3.05, 3.63) is 48.6 Å². The van der Waals surface area contributed by atoms with Crippen molar-refractivity contribution in [3.63, 3.8) is 0 Å². The summed E-state index contributed by atoms with van der Waals surface area (Å²) in [5.74, 6) is -0.932. The monoisotopic (exact) mass is 687 g/mol. The number of rotatable bonds is 35. The molecule has 0 aromatic rings. The van der Waals surface area contributed by atoms with Crippen LogP contribution in [0.1, 0.15) is 188 Å². The highest BCUT2D eigenvalue weighted by atomic mass is 16.6. The standard InChI is InChI=1S/C43H74O6/c1-4-7-10-13-15-17-19-20-21-22-24-25-27-30-33-36-42(45)48-39-40(38-47-41(44)35-32-29-12-9-6-3)49-43(46)37-34-31-28-26-23-18-16-14-11-8-5-2/h7,10,14-17,20-21,40H,4-6,8-9,11-13,18-19,22-39H2,1-3H3/b10-7-,16-14-,17-15-,21-20-. The molecule has 0 spiro atoms. The molecule has 0 amide bonds. The van der Waals surface area contributed by atoms with E-state index in [0.717, 1.165) is 116 Å². The van der Waals surface area contributed by atoms with Gasteiger partial charge in [0.25, 0.3) is 0 Å². The van der Waals surface area contributed by atoms with Gasteiger partial charge in [0.15, 0.2) is 6.10 Å².